The fourth-order valence-electron chi connectivity index (χ4n) is 19.0. The van der Waals surface area contributed by atoms with Gasteiger partial charge in [-0.25, -0.2) is 0 Å². The molecule has 0 N–H and O–H groups in total. The zero-order valence-electron chi connectivity index (χ0n) is 66.2. The maximum Gasteiger partial charge on any atom is 0.0991 e. The van der Waals surface area contributed by atoms with Crippen molar-refractivity contribution in [2.75, 3.05) is 0 Å². The zero-order valence-corrected chi connectivity index (χ0v) is 66.2. The number of fused-ring (bicyclic) bond motifs is 12. The Morgan fingerprint density at radius 2 is 0.405 bits per heavy atom. The summed E-state index contributed by atoms with van der Waals surface area (Å²) in [5.74, 6) is 0. The van der Waals surface area contributed by atoms with Crippen molar-refractivity contribution in [2.24, 2.45) is 0 Å². The third kappa shape index (κ3) is 12.5. The molecule has 121 heavy (non-hydrogen) atoms. The van der Waals surface area contributed by atoms with Crippen molar-refractivity contribution in [1.29, 1.82) is 5.26 Å². The van der Waals surface area contributed by atoms with Crippen molar-refractivity contribution in [3.63, 3.8) is 0 Å². The fraction of sp³-hybridized carbons (Fsp3) is 0.00862. The van der Waals surface area contributed by atoms with Gasteiger partial charge in [-0.15, -0.1) is 0 Å². The Bertz CT molecular complexity index is 7790. The summed E-state index contributed by atoms with van der Waals surface area (Å²) < 4.78 is 9.60. The van der Waals surface area contributed by atoms with Crippen molar-refractivity contribution in [3.8, 4) is 95.6 Å². The lowest BCUT2D eigenvalue weighted by Crippen LogP contribution is -2.31. The summed E-state index contributed by atoms with van der Waals surface area (Å²) >= 11 is 0. The first-order valence-electron chi connectivity index (χ1n) is 41.4. The van der Waals surface area contributed by atoms with Crippen molar-refractivity contribution in [2.45, 2.75) is 5.41 Å². The zero-order chi connectivity index (χ0) is 80.3. The van der Waals surface area contributed by atoms with Crippen LogP contribution in [0.3, 0.4) is 0 Å². The summed E-state index contributed by atoms with van der Waals surface area (Å²) in [5.41, 5.74) is 33.2. The molecular formula is C116H77N5. The molecule has 4 heterocycles. The molecular weight excluding hydrogens is 1460 g/mol. The number of nitrogens with zero attached hydrogens (tertiary/aromatic N) is 5. The van der Waals surface area contributed by atoms with E-state index in [1.165, 1.54) is 149 Å². The van der Waals surface area contributed by atoms with Crippen LogP contribution in [0.2, 0.25) is 0 Å². The average molecular weight is 1540 g/mol. The number of benzene rings is 19. The summed E-state index contributed by atoms with van der Waals surface area (Å²) in [5, 5.41) is 19.1. The van der Waals surface area contributed by atoms with Gasteiger partial charge in [-0.2, -0.15) is 5.26 Å². The summed E-state index contributed by atoms with van der Waals surface area (Å²) in [6.45, 7) is 0. The van der Waals surface area contributed by atoms with Crippen LogP contribution in [0.15, 0.2) is 467 Å². The standard InChI is InChI=1S/C67H46N2.C49H31N3/c1-6-19-47(20-7-1)49-21-18-22-50(43-49)48-33-38-58(39-34-48)69-65-42-36-52(51-35-41-64-61(44-51)59-31-16-17-32-63(59)68(64)57-29-14-5-15-30-57)45-62(65)60-40-37-56(46-66(60)69)67(53-23-8-2-9-24-53,54-25-10-3-11-26-54)55-27-12-4-13-28-55;50-32-33-17-19-34(20-18-33)36-9-8-10-37(29-36)35-21-25-41(26-22-35)52-47-16-7-5-14-43(47)45-31-39(24-28-49(45)52)38-23-27-48-44(30-38)42-13-4-6-15-46(42)51(48)40-11-2-1-3-12-40/h1-46H;1-31H. The van der Waals surface area contributed by atoms with Gasteiger partial charge < -0.3 is 18.3 Å². The largest absolute Gasteiger partial charge is 0.309 e. The maximum atomic E-state index is 9.20. The second kappa shape index (κ2) is 30.2. The molecule has 4 aromatic heterocycles. The van der Waals surface area contributed by atoms with Crippen LogP contribution in [-0.2, 0) is 5.41 Å². The van der Waals surface area contributed by atoms with E-state index in [9.17, 15) is 5.26 Å². The van der Waals surface area contributed by atoms with Gasteiger partial charge in [-0.05, 0) is 235 Å². The highest BCUT2D eigenvalue weighted by Gasteiger charge is 2.39. The number of nitriles is 1. The van der Waals surface area contributed by atoms with Crippen molar-refractivity contribution >= 4 is 87.2 Å². The second-order valence-electron chi connectivity index (χ2n) is 31.4. The first-order valence-corrected chi connectivity index (χ1v) is 41.4. The molecule has 0 spiro atoms. The molecule has 23 aromatic rings. The molecule has 19 aromatic carbocycles. The molecule has 5 heteroatoms. The van der Waals surface area contributed by atoms with Crippen molar-refractivity contribution in [3.05, 3.63) is 495 Å². The van der Waals surface area contributed by atoms with Crippen LogP contribution in [0.1, 0.15) is 27.8 Å². The molecule has 5 nitrogen and oxygen atoms in total. The lowest BCUT2D eigenvalue weighted by molar-refractivity contribution is 0.746. The van der Waals surface area contributed by atoms with Gasteiger partial charge >= 0.3 is 0 Å². The fourth-order valence-corrected chi connectivity index (χ4v) is 19.0. The van der Waals surface area contributed by atoms with Gasteiger partial charge in [0.25, 0.3) is 0 Å². The van der Waals surface area contributed by atoms with E-state index in [2.05, 4.69) is 467 Å². The van der Waals surface area contributed by atoms with Crippen LogP contribution >= 0.6 is 0 Å². The highest BCUT2D eigenvalue weighted by molar-refractivity contribution is 6.15. The van der Waals surface area contributed by atoms with Crippen LogP contribution < -0.4 is 0 Å². The highest BCUT2D eigenvalue weighted by atomic mass is 15.0. The Labute approximate surface area is 701 Å². The van der Waals surface area contributed by atoms with E-state index in [1.807, 2.05) is 24.3 Å². The lowest BCUT2D eigenvalue weighted by Gasteiger charge is -2.37. The smallest absolute Gasteiger partial charge is 0.0991 e. The molecule has 0 unspecified atom stereocenters. The minimum absolute atomic E-state index is 0.591. The molecule has 0 atom stereocenters. The number of aromatic nitrogens is 4. The van der Waals surface area contributed by atoms with Crippen molar-refractivity contribution < 1.29 is 0 Å². The van der Waals surface area contributed by atoms with Gasteiger partial charge in [0, 0.05) is 65.8 Å². The van der Waals surface area contributed by atoms with E-state index in [4.69, 9.17) is 0 Å². The second-order valence-corrected chi connectivity index (χ2v) is 31.4. The van der Waals surface area contributed by atoms with Crippen LogP contribution in [0.25, 0.3) is 177 Å². The van der Waals surface area contributed by atoms with Gasteiger partial charge in [0.2, 0.25) is 0 Å². The molecule has 0 amide bonds. The molecule has 0 fully saturated rings. The summed E-state index contributed by atoms with van der Waals surface area (Å²) in [4.78, 5) is 0. The Kier molecular flexibility index (Phi) is 17.8. The number of para-hydroxylation sites is 5. The quantitative estimate of drug-likeness (QED) is 0.100. The Hall–Kier alpha value is -16.1. The van der Waals surface area contributed by atoms with Crippen LogP contribution in [0, 0.1) is 11.3 Å². The normalized spacial score (nSPS) is 11.6. The molecule has 0 aliphatic heterocycles. The maximum absolute atomic E-state index is 9.20. The minimum atomic E-state index is -0.591. The summed E-state index contributed by atoms with van der Waals surface area (Å²) in [6, 6.07) is 172. The first-order chi connectivity index (χ1) is 59.9. The number of hydrogen-bond acceptors (Lipinski definition) is 1. The molecule has 566 valence electrons. The molecule has 0 bridgehead atoms. The lowest BCUT2D eigenvalue weighted by atomic mass is 9.65. The number of rotatable bonds is 14. The van der Waals surface area contributed by atoms with Gasteiger partial charge in [0.1, 0.15) is 0 Å². The van der Waals surface area contributed by atoms with E-state index in [0.717, 1.165) is 50.3 Å². The topological polar surface area (TPSA) is 43.5 Å². The highest BCUT2D eigenvalue weighted by Crippen LogP contribution is 2.49. The van der Waals surface area contributed by atoms with E-state index in [1.54, 1.807) is 0 Å². The van der Waals surface area contributed by atoms with Crippen LogP contribution in [0.5, 0.6) is 0 Å². The third-order valence-electron chi connectivity index (χ3n) is 24.6. The van der Waals surface area contributed by atoms with Gasteiger partial charge in [-0.3, -0.25) is 0 Å². The molecule has 0 aliphatic carbocycles. The Morgan fingerprint density at radius 3 is 0.752 bits per heavy atom. The average Bonchev–Trinajstić information content (AvgIpc) is 1.66. The molecule has 0 aliphatic rings. The molecule has 0 saturated heterocycles. The predicted molar refractivity (Wildman–Crippen MR) is 506 cm³/mol. The minimum Gasteiger partial charge on any atom is -0.309 e. The number of hydrogen-bond donors (Lipinski definition) is 0. The molecule has 23 rings (SSSR count). The predicted octanol–water partition coefficient (Wildman–Crippen LogP) is 30.0. The Balaban J connectivity index is 0.000000151. The third-order valence-corrected chi connectivity index (χ3v) is 24.6. The summed E-state index contributed by atoms with van der Waals surface area (Å²) in [6.07, 6.45) is 0. The monoisotopic (exact) mass is 1540 g/mol. The van der Waals surface area contributed by atoms with Crippen LogP contribution in [-0.4, -0.2) is 18.3 Å². The van der Waals surface area contributed by atoms with Crippen molar-refractivity contribution in [1.82, 2.24) is 18.3 Å². The van der Waals surface area contributed by atoms with E-state index < -0.39 is 5.41 Å². The first kappa shape index (κ1) is 71.4. The van der Waals surface area contributed by atoms with Crippen LogP contribution in [0.4, 0.5) is 0 Å². The van der Waals surface area contributed by atoms with Gasteiger partial charge in [0.05, 0.1) is 61.2 Å². The van der Waals surface area contributed by atoms with E-state index in [0.29, 0.717) is 5.56 Å². The molecule has 0 saturated carbocycles. The molecule has 0 radical (unpaired) electrons. The van der Waals surface area contributed by atoms with E-state index in [-0.39, 0.29) is 0 Å². The SMILES string of the molecule is N#Cc1ccc(-c2cccc(-c3ccc(-n4c5ccccc5c5cc(-c6ccc7c(c6)c6ccccc6n7-c6ccccc6)ccc54)cc3)c2)cc1.c1ccc(-c2cccc(-c3ccc(-n4c5ccc(-c6ccc7c(c6)c6ccccc6n7-c6ccccc6)cc5c5ccc(C(c6ccccc6)(c6ccccc6)c6ccccc6)cc54)cc3)c2)cc1. The van der Waals surface area contributed by atoms with Gasteiger partial charge in [-0.1, -0.05) is 322 Å². The summed E-state index contributed by atoms with van der Waals surface area (Å²) in [7, 11) is 0. The van der Waals surface area contributed by atoms with Gasteiger partial charge in [0.15, 0.2) is 0 Å². The van der Waals surface area contributed by atoms with E-state index >= 15 is 0 Å². The Morgan fingerprint density at radius 1 is 0.157 bits per heavy atom.